The Labute approximate surface area is 299 Å². The number of anilines is 1. The van der Waals surface area contributed by atoms with Crippen LogP contribution in [0.2, 0.25) is 0 Å². The van der Waals surface area contributed by atoms with Crippen LogP contribution in [0.5, 0.6) is 11.5 Å². The zero-order valence-electron chi connectivity index (χ0n) is 27.9. The number of oxime groups is 1. The predicted molar refractivity (Wildman–Crippen MR) is 182 cm³/mol. The van der Waals surface area contributed by atoms with Crippen molar-refractivity contribution in [2.45, 2.75) is 56.3 Å². The first-order chi connectivity index (χ1) is 23.9. The number of fused-ring (bicyclic) bond motifs is 1. The van der Waals surface area contributed by atoms with Crippen LogP contribution in [0.15, 0.2) is 33.9 Å². The molecule has 0 bridgehead atoms. The molecule has 5 rings (SSSR count). The van der Waals surface area contributed by atoms with Gasteiger partial charge in [0.1, 0.15) is 17.9 Å². The number of Topliss-reactive ketones (excluding diaryl/α,β-unsaturated/α-hetero) is 1. The van der Waals surface area contributed by atoms with Crippen LogP contribution >= 0.6 is 23.1 Å². The highest BCUT2D eigenvalue weighted by Crippen LogP contribution is 2.49. The Morgan fingerprint density at radius 3 is 2.47 bits per heavy atom. The standard InChI is InChI=1S/C32H37FN6O10S2/c1-15-18(13-39(7-4-5-8-39)9-6-35-26(43)16-10-19(33)25(42)22(41)11-16)24(29(45)46)38-27(44)17(28(38)51-15)12-21(40)23(20-14-50-31(34)36-20)37-49-32(2,3)30(47)48/h10-11,14-15,17,28H,4-9,12-13H2,1-3H3,(H6-,34,35,36,37,40,41,42,43,45,46,47,48)/p+1/t15-,17+,28+/m0/s1. The summed E-state index contributed by atoms with van der Waals surface area (Å²) in [5.74, 6) is -8.26. The highest BCUT2D eigenvalue weighted by atomic mass is 32.2. The monoisotopic (exact) mass is 749 g/mol. The molecule has 0 aliphatic carbocycles. The molecule has 0 radical (unpaired) electrons. The Kier molecular flexibility index (Phi) is 10.6. The lowest BCUT2D eigenvalue weighted by Gasteiger charge is -2.51. The number of nitrogen functional groups attached to an aromatic ring is 1. The van der Waals surface area contributed by atoms with Crippen LogP contribution in [0.3, 0.4) is 0 Å². The normalized spacial score (nSPS) is 21.6. The number of amides is 2. The van der Waals surface area contributed by atoms with E-state index in [2.05, 4.69) is 15.5 Å². The van der Waals surface area contributed by atoms with E-state index in [0.717, 1.165) is 36.3 Å². The number of quaternary nitrogens is 1. The van der Waals surface area contributed by atoms with Gasteiger partial charge in [0.2, 0.25) is 11.5 Å². The van der Waals surface area contributed by atoms with E-state index in [1.54, 1.807) is 0 Å². The molecule has 3 atom stereocenters. The molecule has 2 amide bonds. The second-order valence-corrected chi connectivity index (χ2v) is 15.5. The number of carboxylic acid groups (broad SMARTS) is 2. The zero-order chi connectivity index (χ0) is 37.4. The number of ketones is 1. The quantitative estimate of drug-likeness (QED) is 0.0534. The fraction of sp³-hybridized carbons (Fsp3) is 0.469. The van der Waals surface area contributed by atoms with Crippen LogP contribution in [-0.2, 0) is 24.0 Å². The molecule has 1 aromatic heterocycles. The lowest BCUT2D eigenvalue weighted by Crippen LogP contribution is -2.63. The Hall–Kier alpha value is -4.75. The van der Waals surface area contributed by atoms with Gasteiger partial charge in [-0.25, -0.2) is 19.0 Å². The average molecular weight is 750 g/mol. The fourth-order valence-electron chi connectivity index (χ4n) is 6.37. The van der Waals surface area contributed by atoms with E-state index in [1.807, 2.05) is 6.92 Å². The van der Waals surface area contributed by atoms with Crippen LogP contribution in [0.1, 0.15) is 56.1 Å². The third kappa shape index (κ3) is 7.64. The van der Waals surface area contributed by atoms with Crippen molar-refractivity contribution in [1.29, 1.82) is 0 Å². The number of thioether (sulfide) groups is 1. The minimum atomic E-state index is -1.78. The number of likely N-dealkylation sites (tertiary alicyclic amines) is 1. The van der Waals surface area contributed by atoms with E-state index in [1.165, 1.54) is 35.9 Å². The Balaban J connectivity index is 1.32. The van der Waals surface area contributed by atoms with Gasteiger partial charge in [-0.1, -0.05) is 5.16 Å². The lowest BCUT2D eigenvalue weighted by molar-refractivity contribution is -0.911. The molecule has 0 saturated carbocycles. The summed E-state index contributed by atoms with van der Waals surface area (Å²) in [7, 11) is 0. The van der Waals surface area contributed by atoms with E-state index in [0.29, 0.717) is 36.2 Å². The number of aliphatic carboxylic acids is 2. The molecule has 7 N–H and O–H groups in total. The summed E-state index contributed by atoms with van der Waals surface area (Å²) < 4.78 is 14.3. The molecule has 2 aromatic rings. The second-order valence-electron chi connectivity index (χ2n) is 13.2. The Morgan fingerprint density at radius 1 is 1.20 bits per heavy atom. The molecular formula is C32H38FN6O10S2+. The summed E-state index contributed by atoms with van der Waals surface area (Å²) >= 11 is 2.38. The van der Waals surface area contributed by atoms with Gasteiger partial charge in [-0.3, -0.25) is 19.3 Å². The first-order valence-corrected chi connectivity index (χ1v) is 17.8. The number of phenols is 2. The number of rotatable bonds is 14. The minimum absolute atomic E-state index is 0.0505. The molecule has 16 nitrogen and oxygen atoms in total. The van der Waals surface area contributed by atoms with Crippen molar-refractivity contribution in [3.63, 3.8) is 0 Å². The fourth-order valence-corrected chi connectivity index (χ4v) is 8.42. The number of aromatic hydroxyl groups is 2. The molecule has 4 heterocycles. The topological polar surface area (TPSA) is 242 Å². The highest BCUT2D eigenvalue weighted by molar-refractivity contribution is 8.00. The summed E-state index contributed by atoms with van der Waals surface area (Å²) in [6.07, 6.45) is 1.36. The number of phenolic OH excluding ortho intramolecular Hbond substituents is 2. The Morgan fingerprint density at radius 2 is 1.88 bits per heavy atom. The van der Waals surface area contributed by atoms with Gasteiger partial charge in [0.25, 0.3) is 5.91 Å². The number of nitrogens with zero attached hydrogens (tertiary/aromatic N) is 4. The third-order valence-electron chi connectivity index (χ3n) is 9.25. The lowest BCUT2D eigenvalue weighted by atomic mass is 9.88. The van der Waals surface area contributed by atoms with Gasteiger partial charge in [-0.15, -0.1) is 23.1 Å². The van der Waals surface area contributed by atoms with Crippen molar-refractivity contribution in [3.8, 4) is 11.5 Å². The minimum Gasteiger partial charge on any atom is -0.504 e. The molecule has 1 aromatic carbocycles. The van der Waals surface area contributed by atoms with E-state index in [-0.39, 0.29) is 46.0 Å². The van der Waals surface area contributed by atoms with Crippen LogP contribution < -0.4 is 11.1 Å². The van der Waals surface area contributed by atoms with Gasteiger partial charge >= 0.3 is 11.9 Å². The zero-order valence-corrected chi connectivity index (χ0v) is 29.6. The van der Waals surface area contributed by atoms with Crippen LogP contribution in [0.4, 0.5) is 9.52 Å². The molecule has 51 heavy (non-hydrogen) atoms. The van der Waals surface area contributed by atoms with Crippen molar-refractivity contribution >= 4 is 63.5 Å². The van der Waals surface area contributed by atoms with Gasteiger partial charge in [0, 0.05) is 41.0 Å². The van der Waals surface area contributed by atoms with Crippen molar-refractivity contribution in [2.24, 2.45) is 11.1 Å². The SMILES string of the molecule is C[C@@H]1S[C@@H]2[C@H](CC(=O)/C(=N\OC(C)(C)C(=O)O)c3csc(N)n3)C(=O)N2C(C(=O)O)=C1C[N+]1(CCNC(=O)c2cc(O)c(O)c(F)c2)CCCC1. The first kappa shape index (κ1) is 37.5. The smallest absolute Gasteiger partial charge is 0.352 e. The average Bonchev–Trinajstić information content (AvgIpc) is 3.71. The number of nitrogens with two attached hydrogens (primary N) is 1. The number of hydrogen-bond acceptors (Lipinski definition) is 13. The van der Waals surface area contributed by atoms with Crippen molar-refractivity contribution in [3.05, 3.63) is 45.9 Å². The number of β-lactam (4-membered cyclic amide) rings is 1. The number of halogens is 1. The van der Waals surface area contributed by atoms with Crippen molar-refractivity contribution < 1.29 is 58.1 Å². The number of hydrogen-bond donors (Lipinski definition) is 6. The van der Waals surface area contributed by atoms with Gasteiger partial charge in [-0.05, 0) is 32.9 Å². The second kappa shape index (κ2) is 14.5. The predicted octanol–water partition coefficient (Wildman–Crippen LogP) is 2.12. The van der Waals surface area contributed by atoms with Crippen molar-refractivity contribution in [2.75, 3.05) is 38.5 Å². The molecule has 2 saturated heterocycles. The van der Waals surface area contributed by atoms with Gasteiger partial charge in [0.05, 0.1) is 37.5 Å². The maximum Gasteiger partial charge on any atom is 0.352 e. The number of carbonyl (C=O) groups is 5. The number of aromatic nitrogens is 1. The summed E-state index contributed by atoms with van der Waals surface area (Å²) in [6.45, 7) is 6.57. The molecule has 2 fully saturated rings. The van der Waals surface area contributed by atoms with Crippen molar-refractivity contribution in [1.82, 2.24) is 15.2 Å². The largest absolute Gasteiger partial charge is 0.504 e. The maximum atomic E-state index is 13.9. The molecule has 3 aliphatic heterocycles. The van der Waals surface area contributed by atoms with Crippen LogP contribution in [0, 0.1) is 11.7 Å². The van der Waals surface area contributed by atoms with Crippen LogP contribution in [0.25, 0.3) is 0 Å². The molecule has 19 heteroatoms. The van der Waals surface area contributed by atoms with Crippen LogP contribution in [-0.4, -0.2) is 119 Å². The highest BCUT2D eigenvalue weighted by Gasteiger charge is 2.56. The summed E-state index contributed by atoms with van der Waals surface area (Å²) in [5.41, 5.74) is 3.93. The van der Waals surface area contributed by atoms with Gasteiger partial charge in [0.15, 0.2) is 33.9 Å². The summed E-state index contributed by atoms with van der Waals surface area (Å²) in [4.78, 5) is 74.6. The number of carboxylic acids is 2. The number of benzene rings is 1. The maximum absolute atomic E-state index is 13.9. The number of carbonyl (C=O) groups excluding carboxylic acids is 3. The van der Waals surface area contributed by atoms with E-state index < -0.39 is 63.7 Å². The van der Waals surface area contributed by atoms with Gasteiger partial charge in [-0.2, -0.15) is 0 Å². The molecule has 0 unspecified atom stereocenters. The first-order valence-electron chi connectivity index (χ1n) is 16.0. The number of thiazole rings is 1. The third-order valence-corrected chi connectivity index (χ3v) is 11.4. The number of nitrogens with one attached hydrogen (secondary N) is 1. The summed E-state index contributed by atoms with van der Waals surface area (Å²) in [5, 5.41) is 46.0. The molecular weight excluding hydrogens is 712 g/mol. The summed E-state index contributed by atoms with van der Waals surface area (Å²) in [6, 6.07) is 1.77. The van der Waals surface area contributed by atoms with E-state index >= 15 is 0 Å². The van der Waals surface area contributed by atoms with E-state index in [4.69, 9.17) is 10.6 Å². The molecule has 0 spiro atoms. The molecule has 274 valence electrons. The molecule has 3 aliphatic rings. The Bertz CT molecular complexity index is 1820. The van der Waals surface area contributed by atoms with E-state index in [9.17, 15) is 48.8 Å². The van der Waals surface area contributed by atoms with Gasteiger partial charge < -0.3 is 40.8 Å².